The summed E-state index contributed by atoms with van der Waals surface area (Å²) < 4.78 is 0. The smallest absolute Gasteiger partial charge is 0.303 e. The summed E-state index contributed by atoms with van der Waals surface area (Å²) in [6, 6.07) is -0.510. The van der Waals surface area contributed by atoms with Crippen molar-refractivity contribution in [2.75, 3.05) is 6.54 Å². The number of carbonyl (C=O) groups excluding carboxylic acids is 2. The molecule has 1 saturated heterocycles. The fourth-order valence-corrected chi connectivity index (χ4v) is 1.56. The number of carbonyl (C=O) groups is 3. The lowest BCUT2D eigenvalue weighted by Gasteiger charge is -2.14. The largest absolute Gasteiger partial charge is 0.481 e. The van der Waals surface area contributed by atoms with Crippen molar-refractivity contribution in [2.24, 2.45) is 0 Å². The van der Waals surface area contributed by atoms with Crippen LogP contribution in [0.5, 0.6) is 0 Å². The Bertz CT molecular complexity index is 291. The van der Waals surface area contributed by atoms with Gasteiger partial charge in [0.2, 0.25) is 11.8 Å². The van der Waals surface area contributed by atoms with E-state index in [1.807, 2.05) is 0 Å². The molecule has 0 bridgehead atoms. The maximum absolute atomic E-state index is 11.4. The summed E-state index contributed by atoms with van der Waals surface area (Å²) in [4.78, 5) is 33.0. The minimum absolute atomic E-state index is 0.0842. The van der Waals surface area contributed by atoms with Crippen LogP contribution in [-0.2, 0) is 14.4 Å². The summed E-state index contributed by atoms with van der Waals surface area (Å²) in [6.07, 6.45) is 2.11. The molecule has 90 valence electrons. The molecule has 1 atom stereocenters. The lowest BCUT2D eigenvalue weighted by molar-refractivity contribution is -0.139. The molecule has 0 aliphatic carbocycles. The zero-order valence-electron chi connectivity index (χ0n) is 8.99. The van der Waals surface area contributed by atoms with Crippen LogP contribution >= 0.6 is 0 Å². The van der Waals surface area contributed by atoms with E-state index in [0.29, 0.717) is 13.0 Å². The van der Waals surface area contributed by atoms with Crippen LogP contribution in [0.4, 0.5) is 0 Å². The third-order valence-electron chi connectivity index (χ3n) is 2.44. The maximum Gasteiger partial charge on any atom is 0.303 e. The number of carboxylic acid groups (broad SMARTS) is 1. The number of hydrogen-bond donors (Lipinski definition) is 3. The third-order valence-corrected chi connectivity index (χ3v) is 2.44. The molecule has 6 heteroatoms. The summed E-state index contributed by atoms with van der Waals surface area (Å²) >= 11 is 0. The molecule has 6 nitrogen and oxygen atoms in total. The monoisotopic (exact) mass is 228 g/mol. The molecule has 1 heterocycles. The fraction of sp³-hybridized carbons (Fsp3) is 0.700. The van der Waals surface area contributed by atoms with Crippen LogP contribution in [0.3, 0.4) is 0 Å². The summed E-state index contributed by atoms with van der Waals surface area (Å²) in [6.45, 7) is 0.639. The first-order valence-electron chi connectivity index (χ1n) is 5.38. The highest BCUT2D eigenvalue weighted by molar-refractivity contribution is 5.88. The highest BCUT2D eigenvalue weighted by atomic mass is 16.4. The Hall–Kier alpha value is -1.59. The Morgan fingerprint density at radius 1 is 1.38 bits per heavy atom. The first kappa shape index (κ1) is 12.5. The van der Waals surface area contributed by atoms with Crippen molar-refractivity contribution in [3.05, 3.63) is 0 Å². The van der Waals surface area contributed by atoms with Crippen LogP contribution in [0.15, 0.2) is 0 Å². The second-order valence-electron chi connectivity index (χ2n) is 3.80. The number of aliphatic carboxylic acids is 1. The van der Waals surface area contributed by atoms with E-state index in [1.54, 1.807) is 0 Å². The molecule has 2 amide bonds. The quantitative estimate of drug-likeness (QED) is 0.612. The van der Waals surface area contributed by atoms with Crippen LogP contribution in [0.1, 0.15) is 32.1 Å². The summed E-state index contributed by atoms with van der Waals surface area (Å²) in [5.74, 6) is -1.58. The van der Waals surface area contributed by atoms with Crippen LogP contribution in [0.25, 0.3) is 0 Å². The Balaban J connectivity index is 2.36. The normalized spacial score (nSPS) is 20.8. The van der Waals surface area contributed by atoms with Crippen molar-refractivity contribution in [2.45, 2.75) is 38.1 Å². The molecule has 0 aromatic carbocycles. The minimum Gasteiger partial charge on any atom is -0.481 e. The topological polar surface area (TPSA) is 95.5 Å². The molecule has 3 N–H and O–H groups in total. The van der Waals surface area contributed by atoms with Crippen LogP contribution in [0, 0.1) is 0 Å². The molecule has 1 rings (SSSR count). The number of nitrogens with one attached hydrogen (secondary N) is 2. The van der Waals surface area contributed by atoms with Gasteiger partial charge in [-0.25, -0.2) is 0 Å². The first-order chi connectivity index (χ1) is 7.59. The summed E-state index contributed by atoms with van der Waals surface area (Å²) in [7, 11) is 0. The van der Waals surface area contributed by atoms with E-state index in [4.69, 9.17) is 5.11 Å². The lowest BCUT2D eigenvalue weighted by atomic mass is 10.1. The van der Waals surface area contributed by atoms with Crippen molar-refractivity contribution in [3.8, 4) is 0 Å². The highest BCUT2D eigenvalue weighted by Crippen LogP contribution is 2.05. The second kappa shape index (κ2) is 6.09. The van der Waals surface area contributed by atoms with Gasteiger partial charge in [0, 0.05) is 13.0 Å². The summed E-state index contributed by atoms with van der Waals surface area (Å²) in [5, 5.41) is 13.7. The molecule has 0 aromatic heterocycles. The number of rotatable bonds is 4. The predicted molar refractivity (Wildman–Crippen MR) is 55.7 cm³/mol. The standard InChI is InChI=1S/C10H16N2O4/c13-8(4-5-9(14)15)12-7-3-1-2-6-11-10(7)16/h7H,1-6H2,(H,11,16)(H,12,13)(H,14,15)/t7-/m1/s1. The van der Waals surface area contributed by atoms with Gasteiger partial charge < -0.3 is 15.7 Å². The summed E-state index contributed by atoms with van der Waals surface area (Å²) in [5.41, 5.74) is 0. The highest BCUT2D eigenvalue weighted by Gasteiger charge is 2.22. The van der Waals surface area contributed by atoms with Gasteiger partial charge in [0.15, 0.2) is 0 Å². The van der Waals surface area contributed by atoms with Gasteiger partial charge in [-0.1, -0.05) is 0 Å². The van der Waals surface area contributed by atoms with E-state index in [1.165, 1.54) is 0 Å². The van der Waals surface area contributed by atoms with Crippen molar-refractivity contribution in [3.63, 3.8) is 0 Å². The van der Waals surface area contributed by atoms with Crippen molar-refractivity contribution in [1.29, 1.82) is 0 Å². The fourth-order valence-electron chi connectivity index (χ4n) is 1.56. The molecule has 0 saturated carbocycles. The van der Waals surface area contributed by atoms with Gasteiger partial charge >= 0.3 is 5.97 Å². The molecule has 0 radical (unpaired) electrons. The van der Waals surface area contributed by atoms with E-state index in [2.05, 4.69) is 10.6 Å². The van der Waals surface area contributed by atoms with Crippen molar-refractivity contribution in [1.82, 2.24) is 10.6 Å². The molecule has 1 aliphatic heterocycles. The SMILES string of the molecule is O=C(O)CCC(=O)N[C@@H]1CCCCNC1=O. The zero-order valence-corrected chi connectivity index (χ0v) is 8.99. The van der Waals surface area contributed by atoms with Crippen molar-refractivity contribution < 1.29 is 19.5 Å². The number of carboxylic acids is 1. The first-order valence-corrected chi connectivity index (χ1v) is 5.38. The molecule has 0 unspecified atom stereocenters. The Morgan fingerprint density at radius 3 is 2.81 bits per heavy atom. The van der Waals surface area contributed by atoms with Crippen LogP contribution in [-0.4, -0.2) is 35.5 Å². The van der Waals surface area contributed by atoms with Crippen LogP contribution in [0.2, 0.25) is 0 Å². The zero-order chi connectivity index (χ0) is 12.0. The average molecular weight is 228 g/mol. The van der Waals surface area contributed by atoms with E-state index in [-0.39, 0.29) is 24.7 Å². The van der Waals surface area contributed by atoms with Gasteiger partial charge in [-0.2, -0.15) is 0 Å². The van der Waals surface area contributed by atoms with Gasteiger partial charge in [0.05, 0.1) is 6.42 Å². The minimum atomic E-state index is -1.01. The molecule has 0 aromatic rings. The van der Waals surface area contributed by atoms with E-state index < -0.39 is 12.0 Å². The molecular formula is C10H16N2O4. The third kappa shape index (κ3) is 4.29. The Kier molecular flexibility index (Phi) is 4.75. The molecule has 0 spiro atoms. The van der Waals surface area contributed by atoms with E-state index in [0.717, 1.165) is 12.8 Å². The van der Waals surface area contributed by atoms with Crippen LogP contribution < -0.4 is 10.6 Å². The molecule has 16 heavy (non-hydrogen) atoms. The number of amides is 2. The van der Waals surface area contributed by atoms with Gasteiger partial charge in [-0.15, -0.1) is 0 Å². The number of hydrogen-bond acceptors (Lipinski definition) is 3. The van der Waals surface area contributed by atoms with E-state index >= 15 is 0 Å². The van der Waals surface area contributed by atoms with Gasteiger partial charge in [-0.05, 0) is 19.3 Å². The Labute approximate surface area is 93.4 Å². The van der Waals surface area contributed by atoms with Gasteiger partial charge in [0.25, 0.3) is 0 Å². The van der Waals surface area contributed by atoms with Gasteiger partial charge in [-0.3, -0.25) is 14.4 Å². The van der Waals surface area contributed by atoms with Gasteiger partial charge in [0.1, 0.15) is 6.04 Å². The van der Waals surface area contributed by atoms with Crippen molar-refractivity contribution >= 4 is 17.8 Å². The molecular weight excluding hydrogens is 212 g/mol. The predicted octanol–water partition coefficient (Wildman–Crippen LogP) is -0.364. The average Bonchev–Trinajstić information content (AvgIpc) is 2.42. The van der Waals surface area contributed by atoms with E-state index in [9.17, 15) is 14.4 Å². The lowest BCUT2D eigenvalue weighted by Crippen LogP contribution is -2.45. The Morgan fingerprint density at radius 2 is 2.12 bits per heavy atom. The molecule has 1 fully saturated rings. The second-order valence-corrected chi connectivity index (χ2v) is 3.80. The molecule has 1 aliphatic rings. The maximum atomic E-state index is 11.4.